The summed E-state index contributed by atoms with van der Waals surface area (Å²) in [6.45, 7) is 0.676. The molecule has 0 heterocycles. The van der Waals surface area contributed by atoms with E-state index in [2.05, 4.69) is 5.32 Å². The number of nitrogens with two attached hydrogens (primary N) is 1. The molecule has 3 aromatic carbocycles. The molecule has 0 spiro atoms. The van der Waals surface area contributed by atoms with Crippen molar-refractivity contribution in [3.05, 3.63) is 95.1 Å². The highest BCUT2D eigenvalue weighted by Gasteiger charge is 2.10. The summed E-state index contributed by atoms with van der Waals surface area (Å²) in [5.74, 6) is 0.453. The minimum atomic E-state index is -0.241. The molecule has 138 valence electrons. The number of hydrogen-bond acceptors (Lipinski definition) is 4. The first-order valence-electron chi connectivity index (χ1n) is 8.70. The summed E-state index contributed by atoms with van der Waals surface area (Å²) in [6, 6.07) is 22.2. The fourth-order valence-corrected chi connectivity index (χ4v) is 2.65. The second kappa shape index (κ2) is 8.98. The molecule has 0 radical (unpaired) electrons. The number of carbonyl (C=O) groups is 1. The predicted molar refractivity (Wildman–Crippen MR) is 105 cm³/mol. The highest BCUT2D eigenvalue weighted by molar-refractivity contribution is 6.04. The standard InChI is InChI=1S/C22H22N2O3/c23-13-19-7-6-17(14-25)12-21(19)24-22(26)18-8-10-20(11-9-18)27-15-16-4-2-1-3-5-16/h1-12,25H,13-15,23H2,(H,24,26). The van der Waals surface area contributed by atoms with Gasteiger partial charge in [0.05, 0.1) is 6.61 Å². The molecule has 0 bridgehead atoms. The van der Waals surface area contributed by atoms with Crippen LogP contribution in [0.4, 0.5) is 5.69 Å². The fraction of sp³-hybridized carbons (Fsp3) is 0.136. The van der Waals surface area contributed by atoms with Crippen LogP contribution in [0, 0.1) is 0 Å². The molecule has 27 heavy (non-hydrogen) atoms. The van der Waals surface area contributed by atoms with Gasteiger partial charge in [0.15, 0.2) is 0 Å². The molecule has 4 N–H and O–H groups in total. The smallest absolute Gasteiger partial charge is 0.255 e. The summed E-state index contributed by atoms with van der Waals surface area (Å²) in [6.07, 6.45) is 0. The van der Waals surface area contributed by atoms with E-state index in [0.717, 1.165) is 11.1 Å². The first kappa shape index (κ1) is 18.6. The van der Waals surface area contributed by atoms with Gasteiger partial charge in [0, 0.05) is 17.8 Å². The molecule has 0 aromatic heterocycles. The second-order valence-electron chi connectivity index (χ2n) is 6.11. The summed E-state index contributed by atoms with van der Waals surface area (Å²) in [5, 5.41) is 12.1. The lowest BCUT2D eigenvalue weighted by molar-refractivity contribution is 0.102. The van der Waals surface area contributed by atoms with Gasteiger partial charge in [-0.3, -0.25) is 4.79 Å². The average molecular weight is 362 g/mol. The van der Waals surface area contributed by atoms with Crippen molar-refractivity contribution < 1.29 is 14.6 Å². The van der Waals surface area contributed by atoms with Crippen molar-refractivity contribution in [1.82, 2.24) is 0 Å². The number of aliphatic hydroxyl groups is 1. The molecule has 3 aromatic rings. The summed E-state index contributed by atoms with van der Waals surface area (Å²) in [7, 11) is 0. The van der Waals surface area contributed by atoms with Crippen molar-refractivity contribution in [2.75, 3.05) is 5.32 Å². The summed E-state index contributed by atoms with van der Waals surface area (Å²) < 4.78 is 5.74. The Balaban J connectivity index is 1.65. The maximum atomic E-state index is 12.5. The van der Waals surface area contributed by atoms with Crippen LogP contribution in [0.2, 0.25) is 0 Å². The first-order chi connectivity index (χ1) is 13.2. The van der Waals surface area contributed by atoms with Crippen molar-refractivity contribution in [3.63, 3.8) is 0 Å². The number of benzene rings is 3. The van der Waals surface area contributed by atoms with E-state index >= 15 is 0 Å². The van der Waals surface area contributed by atoms with Crippen molar-refractivity contribution in [1.29, 1.82) is 0 Å². The molecular formula is C22H22N2O3. The molecule has 0 aliphatic rings. The third kappa shape index (κ3) is 4.94. The van der Waals surface area contributed by atoms with Gasteiger partial charge < -0.3 is 20.9 Å². The molecule has 5 nitrogen and oxygen atoms in total. The first-order valence-corrected chi connectivity index (χ1v) is 8.70. The molecule has 0 atom stereocenters. The zero-order valence-electron chi connectivity index (χ0n) is 14.9. The van der Waals surface area contributed by atoms with Gasteiger partial charge in [-0.2, -0.15) is 0 Å². The molecule has 0 aliphatic heterocycles. The lowest BCUT2D eigenvalue weighted by atomic mass is 10.1. The average Bonchev–Trinajstić information content (AvgIpc) is 2.73. The third-order valence-electron chi connectivity index (χ3n) is 4.19. The number of carbonyl (C=O) groups excluding carboxylic acids is 1. The normalized spacial score (nSPS) is 10.4. The van der Waals surface area contributed by atoms with Crippen LogP contribution in [0.1, 0.15) is 27.0 Å². The lowest BCUT2D eigenvalue weighted by Crippen LogP contribution is -2.14. The van der Waals surface area contributed by atoms with Gasteiger partial charge in [0.2, 0.25) is 0 Å². The van der Waals surface area contributed by atoms with Crippen LogP contribution in [-0.4, -0.2) is 11.0 Å². The Hall–Kier alpha value is -3.15. The zero-order chi connectivity index (χ0) is 19.1. The largest absolute Gasteiger partial charge is 0.489 e. The molecule has 0 saturated heterocycles. The number of rotatable bonds is 7. The van der Waals surface area contributed by atoms with E-state index < -0.39 is 0 Å². The summed E-state index contributed by atoms with van der Waals surface area (Å²) in [5.41, 5.74) is 9.46. The van der Waals surface area contributed by atoms with E-state index in [0.29, 0.717) is 35.7 Å². The quantitative estimate of drug-likeness (QED) is 0.601. The molecular weight excluding hydrogens is 340 g/mol. The maximum absolute atomic E-state index is 12.5. The zero-order valence-corrected chi connectivity index (χ0v) is 14.9. The summed E-state index contributed by atoms with van der Waals surface area (Å²) in [4.78, 5) is 12.5. The van der Waals surface area contributed by atoms with E-state index in [1.54, 1.807) is 36.4 Å². The third-order valence-corrected chi connectivity index (χ3v) is 4.19. The fourth-order valence-electron chi connectivity index (χ4n) is 2.65. The Morgan fingerprint density at radius 3 is 2.37 bits per heavy atom. The number of ether oxygens (including phenoxy) is 1. The van der Waals surface area contributed by atoms with Crippen molar-refractivity contribution in [2.24, 2.45) is 5.73 Å². The van der Waals surface area contributed by atoms with Gasteiger partial charge in [-0.25, -0.2) is 0 Å². The Labute approximate surface area is 158 Å². The van der Waals surface area contributed by atoms with Gasteiger partial charge in [0.1, 0.15) is 12.4 Å². The van der Waals surface area contributed by atoms with Crippen molar-refractivity contribution in [3.8, 4) is 5.75 Å². The van der Waals surface area contributed by atoms with Crippen molar-refractivity contribution >= 4 is 11.6 Å². The monoisotopic (exact) mass is 362 g/mol. The minimum Gasteiger partial charge on any atom is -0.489 e. The van der Waals surface area contributed by atoms with Crippen LogP contribution < -0.4 is 15.8 Å². The SMILES string of the molecule is NCc1ccc(CO)cc1NC(=O)c1ccc(OCc2ccccc2)cc1. The molecule has 0 unspecified atom stereocenters. The Kier molecular flexibility index (Phi) is 6.20. The Morgan fingerprint density at radius 2 is 1.70 bits per heavy atom. The van der Waals surface area contributed by atoms with Crippen LogP contribution >= 0.6 is 0 Å². The number of hydrogen-bond donors (Lipinski definition) is 3. The molecule has 1 amide bonds. The summed E-state index contributed by atoms with van der Waals surface area (Å²) >= 11 is 0. The minimum absolute atomic E-state index is 0.0961. The number of aliphatic hydroxyl groups excluding tert-OH is 1. The Bertz CT molecular complexity index is 893. The van der Waals surface area contributed by atoms with E-state index in [1.165, 1.54) is 0 Å². The van der Waals surface area contributed by atoms with Gasteiger partial charge in [0.25, 0.3) is 5.91 Å². The second-order valence-corrected chi connectivity index (χ2v) is 6.11. The van der Waals surface area contributed by atoms with E-state index in [-0.39, 0.29) is 12.5 Å². The maximum Gasteiger partial charge on any atom is 0.255 e. The van der Waals surface area contributed by atoms with Crippen LogP contribution in [0.5, 0.6) is 5.75 Å². The number of anilines is 1. The highest BCUT2D eigenvalue weighted by Crippen LogP contribution is 2.20. The molecule has 0 saturated carbocycles. The van der Waals surface area contributed by atoms with E-state index in [4.69, 9.17) is 10.5 Å². The van der Waals surface area contributed by atoms with Crippen LogP contribution in [0.25, 0.3) is 0 Å². The Morgan fingerprint density at radius 1 is 0.963 bits per heavy atom. The lowest BCUT2D eigenvalue weighted by Gasteiger charge is -2.12. The number of amides is 1. The number of nitrogens with one attached hydrogen (secondary N) is 1. The molecule has 5 heteroatoms. The molecule has 3 rings (SSSR count). The highest BCUT2D eigenvalue weighted by atomic mass is 16.5. The topological polar surface area (TPSA) is 84.6 Å². The van der Waals surface area contributed by atoms with Crippen LogP contribution in [-0.2, 0) is 19.8 Å². The van der Waals surface area contributed by atoms with E-state index in [1.807, 2.05) is 36.4 Å². The van der Waals surface area contributed by atoms with Crippen molar-refractivity contribution in [2.45, 2.75) is 19.8 Å². The van der Waals surface area contributed by atoms with Gasteiger partial charge in [-0.1, -0.05) is 42.5 Å². The van der Waals surface area contributed by atoms with Crippen LogP contribution in [0.3, 0.4) is 0 Å². The van der Waals surface area contributed by atoms with Crippen LogP contribution in [0.15, 0.2) is 72.8 Å². The van der Waals surface area contributed by atoms with E-state index in [9.17, 15) is 9.90 Å². The van der Waals surface area contributed by atoms with Gasteiger partial charge >= 0.3 is 0 Å². The van der Waals surface area contributed by atoms with Gasteiger partial charge in [-0.15, -0.1) is 0 Å². The van der Waals surface area contributed by atoms with Gasteiger partial charge in [-0.05, 0) is 47.0 Å². The predicted octanol–water partition coefficient (Wildman–Crippen LogP) is 3.47. The molecule has 0 aliphatic carbocycles. The molecule has 0 fully saturated rings.